The van der Waals surface area contributed by atoms with Gasteiger partial charge in [0.15, 0.2) is 11.9 Å². The molecule has 0 spiro atoms. The minimum atomic E-state index is -0.488. The molecule has 2 aromatic rings. The number of hydrogen-bond acceptors (Lipinski definition) is 5. The fourth-order valence-electron chi connectivity index (χ4n) is 5.59. The van der Waals surface area contributed by atoms with Gasteiger partial charge in [-0.05, 0) is 89.8 Å². The minimum absolute atomic E-state index is 0.00857. The van der Waals surface area contributed by atoms with Gasteiger partial charge in [0, 0.05) is 18.0 Å². The number of amides is 1. The van der Waals surface area contributed by atoms with Gasteiger partial charge in [-0.3, -0.25) is 0 Å². The van der Waals surface area contributed by atoms with Crippen LogP contribution in [0.3, 0.4) is 0 Å². The van der Waals surface area contributed by atoms with Crippen molar-refractivity contribution in [2.75, 3.05) is 0 Å². The largest absolute Gasteiger partial charge is 0.483 e. The smallest absolute Gasteiger partial charge is 0.408 e. The molecule has 7 heteroatoms. The van der Waals surface area contributed by atoms with Gasteiger partial charge in [-0.2, -0.15) is 0 Å². The first-order valence-corrected chi connectivity index (χ1v) is 12.6. The summed E-state index contributed by atoms with van der Waals surface area (Å²) in [6.45, 7) is 12.1. The van der Waals surface area contributed by atoms with Gasteiger partial charge in [0.2, 0.25) is 0 Å². The van der Waals surface area contributed by atoms with Crippen LogP contribution in [-0.4, -0.2) is 32.0 Å². The summed E-state index contributed by atoms with van der Waals surface area (Å²) < 4.78 is 13.9. The van der Waals surface area contributed by atoms with E-state index in [1.165, 1.54) is 5.56 Å². The summed E-state index contributed by atoms with van der Waals surface area (Å²) >= 11 is 0. The van der Waals surface area contributed by atoms with Crippen molar-refractivity contribution in [1.29, 1.82) is 0 Å². The molecular formula is C27H40N4O3. The van der Waals surface area contributed by atoms with Crippen LogP contribution in [0, 0.1) is 0 Å². The minimum Gasteiger partial charge on any atom is -0.483 e. The van der Waals surface area contributed by atoms with Crippen LogP contribution >= 0.6 is 0 Å². The zero-order valence-corrected chi connectivity index (χ0v) is 21.8. The molecule has 1 heterocycles. The average Bonchev–Trinajstić information content (AvgIpc) is 3.16. The summed E-state index contributed by atoms with van der Waals surface area (Å²) in [5, 5.41) is 12.4. The molecule has 3 aliphatic rings. The van der Waals surface area contributed by atoms with Crippen LogP contribution in [0.25, 0.3) is 0 Å². The Morgan fingerprint density at radius 3 is 2.29 bits per heavy atom. The Hall–Kier alpha value is -2.57. The molecule has 34 heavy (non-hydrogen) atoms. The van der Waals surface area contributed by atoms with Gasteiger partial charge in [-0.25, -0.2) is 4.79 Å². The number of nitrogens with one attached hydrogen (secondary N) is 1. The van der Waals surface area contributed by atoms with Crippen LogP contribution in [0.15, 0.2) is 24.3 Å². The molecular weight excluding hydrogens is 428 g/mol. The molecule has 0 saturated heterocycles. The van der Waals surface area contributed by atoms with Gasteiger partial charge in [0.25, 0.3) is 0 Å². The molecule has 3 saturated carbocycles. The van der Waals surface area contributed by atoms with Gasteiger partial charge in [-0.15, -0.1) is 10.2 Å². The SMILES string of the molecule is CC(C)c1cccc(O[C@@H](C)c2nnc(C34CCC(NC(=O)OC(C)(C)C)(CC3)CC4)n2C)c1. The van der Waals surface area contributed by atoms with E-state index in [2.05, 4.69) is 53.1 Å². The number of benzene rings is 1. The first-order chi connectivity index (χ1) is 15.9. The number of carbonyl (C=O) groups is 1. The lowest BCUT2D eigenvalue weighted by Gasteiger charge is -2.52. The van der Waals surface area contributed by atoms with Crippen LogP contribution in [0.5, 0.6) is 5.75 Å². The Balaban J connectivity index is 1.45. The van der Waals surface area contributed by atoms with E-state index in [9.17, 15) is 4.79 Å². The Morgan fingerprint density at radius 2 is 1.71 bits per heavy atom. The number of nitrogens with zero attached hydrogens (tertiary/aromatic N) is 3. The molecule has 7 nitrogen and oxygen atoms in total. The quantitative estimate of drug-likeness (QED) is 0.567. The first kappa shape index (κ1) is 24.6. The molecule has 1 atom stereocenters. The Morgan fingerprint density at radius 1 is 1.06 bits per heavy atom. The summed E-state index contributed by atoms with van der Waals surface area (Å²) in [4.78, 5) is 12.4. The van der Waals surface area contributed by atoms with Crippen molar-refractivity contribution in [2.45, 2.75) is 109 Å². The molecule has 2 bridgehead atoms. The van der Waals surface area contributed by atoms with Gasteiger partial charge in [0.1, 0.15) is 17.2 Å². The highest BCUT2D eigenvalue weighted by atomic mass is 16.6. The predicted molar refractivity (Wildman–Crippen MR) is 132 cm³/mol. The second-order valence-corrected chi connectivity index (χ2v) is 11.6. The summed E-state index contributed by atoms with van der Waals surface area (Å²) in [7, 11) is 2.05. The van der Waals surface area contributed by atoms with Gasteiger partial charge in [-0.1, -0.05) is 26.0 Å². The Kier molecular flexibility index (Phi) is 6.42. The Labute approximate surface area is 203 Å². The average molecular weight is 469 g/mol. The van der Waals surface area contributed by atoms with E-state index in [1.54, 1.807) is 0 Å². The lowest BCUT2D eigenvalue weighted by atomic mass is 9.57. The summed E-state index contributed by atoms with van der Waals surface area (Å²) in [5.74, 6) is 3.19. The van der Waals surface area contributed by atoms with Crippen molar-refractivity contribution in [1.82, 2.24) is 20.1 Å². The number of alkyl carbamates (subject to hydrolysis) is 1. The zero-order chi connectivity index (χ0) is 24.7. The monoisotopic (exact) mass is 468 g/mol. The maximum Gasteiger partial charge on any atom is 0.408 e. The van der Waals surface area contributed by atoms with E-state index in [4.69, 9.17) is 9.47 Å². The van der Waals surface area contributed by atoms with Gasteiger partial charge >= 0.3 is 6.09 Å². The third-order valence-electron chi connectivity index (χ3n) is 7.60. The molecule has 1 aromatic heterocycles. The fraction of sp³-hybridized carbons (Fsp3) is 0.667. The molecule has 0 aliphatic heterocycles. The molecule has 3 aliphatic carbocycles. The van der Waals surface area contributed by atoms with Crippen molar-refractivity contribution in [3.05, 3.63) is 41.5 Å². The highest BCUT2D eigenvalue weighted by Crippen LogP contribution is 2.53. The number of rotatable bonds is 6. The molecule has 3 fully saturated rings. The van der Waals surface area contributed by atoms with Crippen LogP contribution in [-0.2, 0) is 17.2 Å². The van der Waals surface area contributed by atoms with Crippen molar-refractivity contribution in [3.8, 4) is 5.75 Å². The van der Waals surface area contributed by atoms with Crippen LogP contribution in [0.4, 0.5) is 4.79 Å². The van der Waals surface area contributed by atoms with Crippen LogP contribution in [0.1, 0.15) is 109 Å². The van der Waals surface area contributed by atoms with Crippen LogP contribution in [0.2, 0.25) is 0 Å². The summed E-state index contributed by atoms with van der Waals surface area (Å²) in [5.41, 5.74) is 0.616. The molecule has 186 valence electrons. The number of fused-ring (bicyclic) bond motifs is 3. The van der Waals surface area contributed by atoms with Crippen molar-refractivity contribution in [3.63, 3.8) is 0 Å². The lowest BCUT2D eigenvalue weighted by molar-refractivity contribution is 0.0241. The molecule has 1 amide bonds. The molecule has 0 unspecified atom stereocenters. The summed E-state index contributed by atoms with van der Waals surface area (Å²) in [6, 6.07) is 8.28. The predicted octanol–water partition coefficient (Wildman–Crippen LogP) is 5.95. The van der Waals surface area contributed by atoms with E-state index >= 15 is 0 Å². The normalized spacial score (nSPS) is 25.3. The maximum absolute atomic E-state index is 12.4. The van der Waals surface area contributed by atoms with E-state index in [-0.39, 0.29) is 23.2 Å². The van der Waals surface area contributed by atoms with E-state index in [0.717, 1.165) is 55.9 Å². The maximum atomic E-state index is 12.4. The molecule has 1 aromatic carbocycles. The number of hydrogen-bond donors (Lipinski definition) is 1. The van der Waals surface area contributed by atoms with Crippen molar-refractivity contribution >= 4 is 6.09 Å². The third-order valence-corrected chi connectivity index (χ3v) is 7.60. The molecule has 1 N–H and O–H groups in total. The van der Waals surface area contributed by atoms with Gasteiger partial charge < -0.3 is 19.4 Å². The van der Waals surface area contributed by atoms with Gasteiger partial charge in [0.05, 0.1) is 0 Å². The Bertz CT molecular complexity index is 1010. The number of carbonyl (C=O) groups excluding carboxylic acids is 1. The molecule has 0 radical (unpaired) electrons. The third kappa shape index (κ3) is 4.93. The second-order valence-electron chi connectivity index (χ2n) is 11.6. The first-order valence-electron chi connectivity index (χ1n) is 12.6. The second kappa shape index (κ2) is 8.90. The fourth-order valence-corrected chi connectivity index (χ4v) is 5.59. The highest BCUT2D eigenvalue weighted by molar-refractivity contribution is 5.69. The van der Waals surface area contributed by atoms with E-state index < -0.39 is 5.60 Å². The standard InChI is InChI=1S/C27H40N4O3/c1-18(2)20-9-8-10-21(17-20)33-19(3)22-29-30-23(31(22)7)26-11-14-27(15-12-26,16-13-26)28-24(32)34-25(4,5)6/h8-10,17-19H,11-16H2,1-7H3,(H,28,32)/t19-,26?,27?/m0/s1. The number of aromatic nitrogens is 3. The van der Waals surface area contributed by atoms with E-state index in [1.807, 2.05) is 39.8 Å². The topological polar surface area (TPSA) is 78.3 Å². The summed E-state index contributed by atoms with van der Waals surface area (Å²) in [6.07, 6.45) is 5.25. The number of ether oxygens (including phenoxy) is 2. The highest BCUT2D eigenvalue weighted by Gasteiger charge is 2.52. The lowest BCUT2D eigenvalue weighted by Crippen LogP contribution is -2.58. The zero-order valence-electron chi connectivity index (χ0n) is 21.8. The molecule has 5 rings (SSSR count). The van der Waals surface area contributed by atoms with Crippen molar-refractivity contribution in [2.24, 2.45) is 7.05 Å². The van der Waals surface area contributed by atoms with Crippen molar-refractivity contribution < 1.29 is 14.3 Å². The van der Waals surface area contributed by atoms with E-state index in [0.29, 0.717) is 5.92 Å². The van der Waals surface area contributed by atoms with Crippen LogP contribution < -0.4 is 10.1 Å².